The molecular weight excluding hydrogens is 1880 g/mol. The number of rotatable bonds is 11. The molecule has 698 valence electrons. The van der Waals surface area contributed by atoms with Gasteiger partial charge in [-0.1, -0.05) is 335 Å². The lowest BCUT2D eigenvalue weighted by molar-refractivity contribution is 0.661. The predicted octanol–water partition coefficient (Wildman–Crippen LogP) is 39.1. The normalized spacial score (nSPS) is 12.4. The molecule has 11 heteroatoms. The van der Waals surface area contributed by atoms with Crippen molar-refractivity contribution in [3.63, 3.8) is 0 Å². The quantitative estimate of drug-likeness (QED) is 0.130. The molecule has 0 unspecified atom stereocenters. The highest BCUT2D eigenvalue weighted by Crippen LogP contribution is 2.53. The van der Waals surface area contributed by atoms with E-state index in [0.29, 0.717) is 0 Å². The Kier molecular flexibility index (Phi) is 20.1. The van der Waals surface area contributed by atoms with Crippen LogP contribution >= 0.6 is 45.3 Å². The molecule has 0 aliphatic heterocycles. The highest BCUT2D eigenvalue weighted by atomic mass is 32.1. The average molecular weight is 1970 g/mol. The van der Waals surface area contributed by atoms with Crippen LogP contribution in [0.5, 0.6) is 0 Å². The molecule has 11 heterocycles. The predicted molar refractivity (Wildman–Crippen MR) is 637 cm³/mol. The Morgan fingerprint density at radius 2 is 0.470 bits per heavy atom. The number of aromatic nitrogens is 7. The van der Waals surface area contributed by atoms with Crippen LogP contribution in [0.2, 0.25) is 0 Å². The maximum absolute atomic E-state index is 5.51. The summed E-state index contributed by atoms with van der Waals surface area (Å²) >= 11 is 7.41. The van der Waals surface area contributed by atoms with Gasteiger partial charge in [0.05, 0.1) is 61.2 Å². The molecule has 0 fully saturated rings. The van der Waals surface area contributed by atoms with E-state index >= 15 is 0 Å². The molecule has 0 N–H and O–H groups in total. The molecule has 31 aromatic rings. The van der Waals surface area contributed by atoms with Gasteiger partial charge < -0.3 is 4.57 Å². The first-order valence-electron chi connectivity index (χ1n) is 50.7. The van der Waals surface area contributed by atoms with Crippen molar-refractivity contribution in [2.24, 2.45) is 0 Å². The van der Waals surface area contributed by atoms with Gasteiger partial charge in [0.25, 0.3) is 0 Å². The molecule has 0 radical (unpaired) electrons. The van der Waals surface area contributed by atoms with Gasteiger partial charge in [-0.3, -0.25) is 13.7 Å². The fourth-order valence-electron chi connectivity index (χ4n) is 23.6. The van der Waals surface area contributed by atoms with Crippen molar-refractivity contribution < 1.29 is 0 Å². The van der Waals surface area contributed by atoms with Crippen molar-refractivity contribution in [2.75, 3.05) is 0 Å². The van der Waals surface area contributed by atoms with Crippen LogP contribution in [-0.4, -0.2) is 33.2 Å². The zero-order valence-corrected chi connectivity index (χ0v) is 84.3. The maximum Gasteiger partial charge on any atom is 0.138 e. The zero-order valence-electron chi connectivity index (χ0n) is 81.0. The molecule has 0 atom stereocenters. The van der Waals surface area contributed by atoms with Crippen LogP contribution in [0.15, 0.2) is 491 Å². The van der Waals surface area contributed by atoms with Gasteiger partial charge in [-0.25, -0.2) is 15.0 Å². The number of hydrogen-bond donors (Lipinski definition) is 0. The van der Waals surface area contributed by atoms with E-state index in [1.807, 2.05) is 45.3 Å². The third kappa shape index (κ3) is 14.3. The summed E-state index contributed by atoms with van der Waals surface area (Å²) in [7, 11) is 0. The Labute approximate surface area is 873 Å². The molecule has 0 bridgehead atoms. The number of benzene rings is 20. The van der Waals surface area contributed by atoms with E-state index in [1.54, 1.807) is 0 Å². The Morgan fingerprint density at radius 3 is 0.946 bits per heavy atom. The van der Waals surface area contributed by atoms with Crippen molar-refractivity contribution >= 4 is 213 Å². The molecule has 0 spiro atoms. The van der Waals surface area contributed by atoms with Crippen molar-refractivity contribution in [3.05, 3.63) is 503 Å². The van der Waals surface area contributed by atoms with E-state index in [-0.39, 0.29) is 5.41 Å². The average Bonchev–Trinajstić information content (AvgIpc) is 1.55. The Morgan fingerprint density at radius 1 is 0.161 bits per heavy atom. The highest BCUT2D eigenvalue weighted by Gasteiger charge is 2.37. The monoisotopic (exact) mass is 1970 g/mol. The Bertz CT molecular complexity index is 10900. The second kappa shape index (κ2) is 34.6. The van der Waals surface area contributed by atoms with Crippen LogP contribution in [0.25, 0.3) is 280 Å². The van der Waals surface area contributed by atoms with Crippen LogP contribution in [0.4, 0.5) is 0 Å². The van der Waals surface area contributed by atoms with Crippen LogP contribution in [0, 0.1) is 0 Å². The van der Waals surface area contributed by atoms with E-state index < -0.39 is 0 Å². The third-order valence-electron chi connectivity index (χ3n) is 30.7. The topological polar surface area (TPSA) is 58.4 Å². The second-order valence-electron chi connectivity index (χ2n) is 39.6. The minimum Gasteiger partial charge on any atom is -0.309 e. The van der Waals surface area contributed by atoms with Crippen molar-refractivity contribution in [1.29, 1.82) is 0 Å². The SMILES string of the molecule is CC1(C)c2ccccc2-c2cc3c(cc21)c1ccccc1n3-c1cc(-c2ccccc2)cc(-c2ccc3sc4ccccc4c3c2)n1.c1ccc(-c2cc(-c3ccc4sc5ccccc5c4c3)nc(-n3c4ccccc4c4cc5c(cc43)c3ccccc3n5-c3ccccc3)c2)cc1.c1ccc(-c2cccc(-c3cc(-c4ccc5c(c4)sc4ccccc45)nc(-n4c5ccccc5c5cc6sc7ccccc7c6cc54)c3)c2)cc1. The van der Waals surface area contributed by atoms with E-state index in [4.69, 9.17) is 15.0 Å². The summed E-state index contributed by atoms with van der Waals surface area (Å²) in [6.45, 7) is 4.71. The summed E-state index contributed by atoms with van der Waals surface area (Å²) in [5.41, 5.74) is 31.4. The van der Waals surface area contributed by atoms with Gasteiger partial charge in [-0.05, 0) is 237 Å². The molecular formula is C138H87N7S4. The van der Waals surface area contributed by atoms with E-state index in [9.17, 15) is 0 Å². The van der Waals surface area contributed by atoms with Gasteiger partial charge in [-0.15, -0.1) is 45.3 Å². The van der Waals surface area contributed by atoms with E-state index in [1.165, 1.54) is 196 Å². The summed E-state index contributed by atoms with van der Waals surface area (Å²) in [6.07, 6.45) is 0. The standard InChI is InChI=1S/C47H29N3S.C47H28N2S2.C44H30N2S/c1-3-13-30(14-4-1)32-26-40(31-23-24-46-39(25-31)36-19-9-12-22-45(36)51-46)48-47(27-32)50-42-21-11-8-18-35(42)38-28-43-37(29-44(38)50)34-17-7-10-20-41(34)49(43)33-15-5-2-6-16-33;1-2-11-29(12-3-1)30-13-10-14-31(23-30)33-24-40(32-21-22-37-35-16-5-8-19-43(35)50-45(37)25-32)48-47(26-33)49-41-18-7-4-15-34(41)38-28-46-39(27-42(38)49)36-17-6-9-20-44(36)51-46;1-44(2)36-17-9-6-14-30(36)33-26-40-34(25-37(33)44)31-15-7-10-18-39(31)46(40)43-24-29(27-12-4-3-5-13-27)23-38(45-43)28-20-21-42-35(22-28)32-16-8-11-19-41(32)47-42/h1-29H;1-28H;3-26H,1-2H3. The highest BCUT2D eigenvalue weighted by molar-refractivity contribution is 7.27. The third-order valence-corrected chi connectivity index (χ3v) is 35.3. The molecule has 0 saturated carbocycles. The summed E-state index contributed by atoms with van der Waals surface area (Å²) in [5.74, 6) is 2.74. The Hall–Kier alpha value is -18.1. The largest absolute Gasteiger partial charge is 0.309 e. The van der Waals surface area contributed by atoms with E-state index in [2.05, 4.69) is 523 Å². The van der Waals surface area contributed by atoms with Crippen molar-refractivity contribution in [2.45, 2.75) is 19.3 Å². The lowest BCUT2D eigenvalue weighted by Gasteiger charge is -2.21. The number of hydrogen-bond acceptors (Lipinski definition) is 7. The first-order valence-corrected chi connectivity index (χ1v) is 54.0. The van der Waals surface area contributed by atoms with E-state index in [0.717, 1.165) is 95.7 Å². The van der Waals surface area contributed by atoms with Gasteiger partial charge in [0.1, 0.15) is 17.5 Å². The van der Waals surface area contributed by atoms with Gasteiger partial charge in [0.15, 0.2) is 0 Å². The van der Waals surface area contributed by atoms with Crippen molar-refractivity contribution in [3.8, 4) is 113 Å². The summed E-state index contributed by atoms with van der Waals surface area (Å²) in [6, 6.07) is 179. The molecule has 11 aromatic heterocycles. The fraction of sp³-hybridized carbons (Fsp3) is 0.0217. The van der Waals surface area contributed by atoms with Crippen LogP contribution in [0.3, 0.4) is 0 Å². The molecule has 149 heavy (non-hydrogen) atoms. The smallest absolute Gasteiger partial charge is 0.138 e. The number of thiophene rings is 4. The molecule has 32 rings (SSSR count). The van der Waals surface area contributed by atoms with Crippen LogP contribution in [-0.2, 0) is 5.41 Å². The molecule has 1 aliphatic rings. The lowest BCUT2D eigenvalue weighted by atomic mass is 9.82. The van der Waals surface area contributed by atoms with Crippen LogP contribution < -0.4 is 0 Å². The van der Waals surface area contributed by atoms with Gasteiger partial charge in [0.2, 0.25) is 0 Å². The molecule has 7 nitrogen and oxygen atoms in total. The number of para-hydroxylation sites is 5. The number of fused-ring (bicyclic) bond motifs is 27. The summed E-state index contributed by atoms with van der Waals surface area (Å²) < 4.78 is 19.9. The first kappa shape index (κ1) is 86.4. The molecule has 1 aliphatic carbocycles. The summed E-state index contributed by atoms with van der Waals surface area (Å²) in [4.78, 5) is 16.5. The fourth-order valence-corrected chi connectivity index (χ4v) is 28.1. The van der Waals surface area contributed by atoms with Gasteiger partial charge in [-0.2, -0.15) is 0 Å². The number of pyridine rings is 3. The van der Waals surface area contributed by atoms with Gasteiger partial charge in [0, 0.05) is 152 Å². The molecule has 20 aromatic carbocycles. The minimum absolute atomic E-state index is 0.0631. The first-order chi connectivity index (χ1) is 73.6. The van der Waals surface area contributed by atoms with Crippen molar-refractivity contribution in [1.82, 2.24) is 33.2 Å². The molecule has 0 amide bonds. The second-order valence-corrected chi connectivity index (χ2v) is 43.9. The molecule has 0 saturated heterocycles. The zero-order chi connectivity index (χ0) is 98.2. The Balaban J connectivity index is 0.000000103. The summed E-state index contributed by atoms with van der Waals surface area (Å²) in [5, 5.41) is 20.2. The minimum atomic E-state index is -0.0631. The van der Waals surface area contributed by atoms with Gasteiger partial charge >= 0.3 is 0 Å². The number of nitrogens with zero attached hydrogens (tertiary/aromatic N) is 7. The van der Waals surface area contributed by atoms with Crippen LogP contribution in [0.1, 0.15) is 25.0 Å². The maximum atomic E-state index is 5.51. The lowest BCUT2D eigenvalue weighted by Crippen LogP contribution is -2.14.